The Bertz CT molecular complexity index is 742. The molecule has 0 unspecified atom stereocenters. The average molecular weight is 397 g/mol. The second-order valence-electron chi connectivity index (χ2n) is 9.08. The highest BCUT2D eigenvalue weighted by atomic mass is 35.5. The Kier molecular flexibility index (Phi) is 6.10. The summed E-state index contributed by atoms with van der Waals surface area (Å²) in [6.07, 6.45) is 3.44. The molecule has 0 atom stereocenters. The molecule has 0 bridgehead atoms. The third-order valence-corrected chi connectivity index (χ3v) is 4.79. The number of nitrogens with zero attached hydrogens (tertiary/aromatic N) is 1. The van der Waals surface area contributed by atoms with Gasteiger partial charge in [-0.15, -0.1) is 0 Å². The summed E-state index contributed by atoms with van der Waals surface area (Å²) in [4.78, 5) is 28.8. The molecule has 0 aliphatic heterocycles. The molecule has 27 heavy (non-hydrogen) atoms. The molecule has 2 N–H and O–H groups in total. The highest BCUT2D eigenvalue weighted by Gasteiger charge is 2.35. The van der Waals surface area contributed by atoms with Gasteiger partial charge < -0.3 is 9.84 Å². The Labute approximate surface area is 165 Å². The number of halogens is 1. The largest absolute Gasteiger partial charge is 0.478 e. The number of carboxylic acids is 1. The number of pyridine rings is 1. The fourth-order valence-corrected chi connectivity index (χ4v) is 3.82. The Morgan fingerprint density at radius 3 is 2.15 bits per heavy atom. The lowest BCUT2D eigenvalue weighted by Crippen LogP contribution is -2.30. The number of anilines is 1. The second-order valence-corrected chi connectivity index (χ2v) is 9.43. The monoisotopic (exact) mass is 396 g/mol. The molecule has 1 amide bonds. The lowest BCUT2D eigenvalue weighted by atomic mass is 9.80. The highest BCUT2D eigenvalue weighted by molar-refractivity contribution is 6.33. The normalized spacial score (nSPS) is 15.7. The Morgan fingerprint density at radius 2 is 1.70 bits per heavy atom. The summed E-state index contributed by atoms with van der Waals surface area (Å²) in [7, 11) is 0. The van der Waals surface area contributed by atoms with E-state index in [1.54, 1.807) is 20.8 Å². The first-order chi connectivity index (χ1) is 12.3. The lowest BCUT2D eigenvalue weighted by Gasteiger charge is -2.30. The number of hydrogen-bond acceptors (Lipinski definition) is 4. The topological polar surface area (TPSA) is 88.5 Å². The van der Waals surface area contributed by atoms with Crippen LogP contribution in [-0.2, 0) is 10.2 Å². The van der Waals surface area contributed by atoms with Crippen LogP contribution < -0.4 is 5.32 Å². The predicted molar refractivity (Wildman–Crippen MR) is 106 cm³/mol. The fourth-order valence-electron chi connectivity index (χ4n) is 3.55. The Hall–Kier alpha value is -1.82. The van der Waals surface area contributed by atoms with Crippen molar-refractivity contribution >= 4 is 29.4 Å². The van der Waals surface area contributed by atoms with E-state index >= 15 is 0 Å². The van der Waals surface area contributed by atoms with Crippen molar-refractivity contribution in [3.8, 4) is 0 Å². The van der Waals surface area contributed by atoms with Crippen molar-refractivity contribution in [3.63, 3.8) is 0 Å². The van der Waals surface area contributed by atoms with Gasteiger partial charge >= 0.3 is 12.1 Å². The van der Waals surface area contributed by atoms with Gasteiger partial charge in [0.2, 0.25) is 0 Å². The van der Waals surface area contributed by atoms with Crippen LogP contribution in [0.4, 0.5) is 10.5 Å². The SMILES string of the molecule is CC(C)(C)OC(=O)Nc1c(C(=O)O)c(Cl)nc(C2CCCC2)c1C(C)(C)C. The molecule has 1 aromatic rings. The molecule has 0 spiro atoms. The first-order valence-electron chi connectivity index (χ1n) is 9.28. The Morgan fingerprint density at radius 1 is 1.15 bits per heavy atom. The maximum absolute atomic E-state index is 12.4. The summed E-state index contributed by atoms with van der Waals surface area (Å²) in [5.74, 6) is -1.03. The number of carbonyl (C=O) groups excluding carboxylic acids is 1. The van der Waals surface area contributed by atoms with E-state index in [1.165, 1.54) is 0 Å². The molecule has 1 heterocycles. The fraction of sp³-hybridized carbons (Fsp3) is 0.650. The molecular weight excluding hydrogens is 368 g/mol. The van der Waals surface area contributed by atoms with Gasteiger partial charge in [-0.25, -0.2) is 14.6 Å². The number of hydrogen-bond donors (Lipinski definition) is 2. The van der Waals surface area contributed by atoms with E-state index in [0.717, 1.165) is 31.4 Å². The first-order valence-corrected chi connectivity index (χ1v) is 9.66. The molecule has 1 saturated carbocycles. The van der Waals surface area contributed by atoms with Gasteiger partial charge in [0, 0.05) is 11.5 Å². The van der Waals surface area contributed by atoms with Gasteiger partial charge in [0.15, 0.2) is 0 Å². The molecule has 6 nitrogen and oxygen atoms in total. The molecule has 0 radical (unpaired) electrons. The molecule has 0 aromatic carbocycles. The summed E-state index contributed by atoms with van der Waals surface area (Å²) in [5, 5.41) is 12.3. The van der Waals surface area contributed by atoms with Gasteiger partial charge in [0.25, 0.3) is 0 Å². The van der Waals surface area contributed by atoms with E-state index in [4.69, 9.17) is 16.3 Å². The number of rotatable bonds is 3. The van der Waals surface area contributed by atoms with Crippen molar-refractivity contribution in [1.82, 2.24) is 4.98 Å². The standard InChI is InChI=1S/C20H29ClN2O4/c1-19(2,3)13-14(11-9-7-8-10-11)22-16(21)12(17(24)25)15(13)23-18(26)27-20(4,5)6/h11H,7-10H2,1-6H3,(H,24,25)(H,22,23,26). The molecule has 150 valence electrons. The molecule has 7 heteroatoms. The summed E-state index contributed by atoms with van der Waals surface area (Å²) in [5.41, 5.74) is 0.327. The van der Waals surface area contributed by atoms with E-state index < -0.39 is 23.1 Å². The van der Waals surface area contributed by atoms with Crippen molar-refractivity contribution in [2.24, 2.45) is 0 Å². The van der Waals surface area contributed by atoms with Gasteiger partial charge in [-0.2, -0.15) is 0 Å². The van der Waals surface area contributed by atoms with Crippen molar-refractivity contribution in [1.29, 1.82) is 0 Å². The van der Waals surface area contributed by atoms with Crippen LogP contribution in [0, 0.1) is 0 Å². The van der Waals surface area contributed by atoms with Crippen molar-refractivity contribution in [3.05, 3.63) is 22.0 Å². The van der Waals surface area contributed by atoms with Crippen LogP contribution in [0.5, 0.6) is 0 Å². The van der Waals surface area contributed by atoms with Crippen LogP contribution in [0.25, 0.3) is 0 Å². The molecule has 2 rings (SSSR count). The van der Waals surface area contributed by atoms with Crippen LogP contribution in [-0.4, -0.2) is 27.8 Å². The number of carbonyl (C=O) groups is 2. The number of amides is 1. The highest BCUT2D eigenvalue weighted by Crippen LogP contribution is 2.44. The maximum atomic E-state index is 12.4. The third kappa shape index (κ3) is 5.12. The summed E-state index contributed by atoms with van der Waals surface area (Å²) >= 11 is 6.26. The second kappa shape index (κ2) is 7.66. The van der Waals surface area contributed by atoms with E-state index in [9.17, 15) is 14.7 Å². The maximum Gasteiger partial charge on any atom is 0.412 e. The van der Waals surface area contributed by atoms with Crippen molar-refractivity contribution in [2.45, 2.75) is 84.2 Å². The van der Waals surface area contributed by atoms with Crippen LogP contribution in [0.3, 0.4) is 0 Å². The number of aromatic carboxylic acids is 1. The number of carboxylic acid groups (broad SMARTS) is 1. The van der Waals surface area contributed by atoms with Crippen LogP contribution in [0.1, 0.15) is 94.8 Å². The molecule has 0 saturated heterocycles. The van der Waals surface area contributed by atoms with E-state index in [-0.39, 0.29) is 22.3 Å². The minimum Gasteiger partial charge on any atom is -0.478 e. The summed E-state index contributed by atoms with van der Waals surface area (Å²) in [6, 6.07) is 0. The first kappa shape index (κ1) is 21.5. The minimum atomic E-state index is -1.23. The van der Waals surface area contributed by atoms with Gasteiger partial charge in [-0.05, 0) is 39.0 Å². The zero-order valence-electron chi connectivity index (χ0n) is 16.9. The quantitative estimate of drug-likeness (QED) is 0.636. The lowest BCUT2D eigenvalue weighted by molar-refractivity contribution is 0.0635. The minimum absolute atomic E-state index is 0.108. The number of aromatic nitrogens is 1. The predicted octanol–water partition coefficient (Wildman–Crippen LogP) is 5.74. The van der Waals surface area contributed by atoms with E-state index in [0.29, 0.717) is 5.56 Å². The molecule has 1 aromatic heterocycles. The zero-order valence-corrected chi connectivity index (χ0v) is 17.7. The molecular formula is C20H29ClN2O4. The molecule has 1 aliphatic rings. The van der Waals surface area contributed by atoms with Crippen LogP contribution in [0.15, 0.2) is 0 Å². The van der Waals surface area contributed by atoms with Crippen LogP contribution >= 0.6 is 11.6 Å². The zero-order chi connectivity index (χ0) is 20.6. The van der Waals surface area contributed by atoms with Gasteiger partial charge in [-0.3, -0.25) is 5.32 Å². The van der Waals surface area contributed by atoms with E-state index in [2.05, 4.69) is 10.3 Å². The van der Waals surface area contributed by atoms with Crippen molar-refractivity contribution < 1.29 is 19.4 Å². The smallest absolute Gasteiger partial charge is 0.412 e. The molecule has 1 aliphatic carbocycles. The average Bonchev–Trinajstić information content (AvgIpc) is 2.96. The molecule has 1 fully saturated rings. The van der Waals surface area contributed by atoms with Crippen LogP contribution in [0.2, 0.25) is 5.15 Å². The number of ether oxygens (including phenoxy) is 1. The van der Waals surface area contributed by atoms with Crippen molar-refractivity contribution in [2.75, 3.05) is 5.32 Å². The van der Waals surface area contributed by atoms with Gasteiger partial charge in [0.05, 0.1) is 11.4 Å². The van der Waals surface area contributed by atoms with Gasteiger partial charge in [0.1, 0.15) is 16.3 Å². The van der Waals surface area contributed by atoms with Gasteiger partial charge in [-0.1, -0.05) is 45.2 Å². The third-order valence-electron chi connectivity index (χ3n) is 4.51. The number of nitrogens with one attached hydrogen (secondary N) is 1. The summed E-state index contributed by atoms with van der Waals surface area (Å²) < 4.78 is 5.34. The van der Waals surface area contributed by atoms with E-state index in [1.807, 2.05) is 20.8 Å². The Balaban J connectivity index is 2.68. The summed E-state index contributed by atoms with van der Waals surface area (Å²) in [6.45, 7) is 11.2.